The maximum Gasteiger partial charge on any atom is 0.269 e. The highest BCUT2D eigenvalue weighted by Gasteiger charge is 2.03. The van der Waals surface area contributed by atoms with E-state index < -0.39 is 4.92 Å². The van der Waals surface area contributed by atoms with Gasteiger partial charge in [-0.05, 0) is 23.3 Å². The van der Waals surface area contributed by atoms with Gasteiger partial charge in [0.2, 0.25) is 0 Å². The number of nitro benzene ring substituents is 1. The molecule has 0 aliphatic rings. The zero-order valence-electron chi connectivity index (χ0n) is 10.4. The van der Waals surface area contributed by atoms with Crippen LogP contribution in [0, 0.1) is 10.1 Å². The van der Waals surface area contributed by atoms with Gasteiger partial charge >= 0.3 is 0 Å². The Kier molecular flexibility index (Phi) is 3.93. The minimum atomic E-state index is -0.405. The molecule has 0 aliphatic carbocycles. The van der Waals surface area contributed by atoms with Crippen molar-refractivity contribution >= 4 is 17.5 Å². The second kappa shape index (κ2) is 5.82. The summed E-state index contributed by atoms with van der Waals surface area (Å²) in [5, 5.41) is 13.7. The first-order valence-electron chi connectivity index (χ1n) is 5.89. The number of rotatable bonds is 5. The Morgan fingerprint density at radius 2 is 1.74 bits per heavy atom. The van der Waals surface area contributed by atoms with E-state index in [1.54, 1.807) is 18.2 Å². The van der Waals surface area contributed by atoms with E-state index in [-0.39, 0.29) is 5.69 Å². The third kappa shape index (κ3) is 3.42. The molecule has 0 atom stereocenters. The summed E-state index contributed by atoms with van der Waals surface area (Å²) in [5.74, 6) is 0. The lowest BCUT2D eigenvalue weighted by molar-refractivity contribution is -0.384. The molecule has 4 heteroatoms. The van der Waals surface area contributed by atoms with Gasteiger partial charge in [0.15, 0.2) is 0 Å². The first-order valence-corrected chi connectivity index (χ1v) is 5.89. The van der Waals surface area contributed by atoms with Gasteiger partial charge in [-0.2, -0.15) is 0 Å². The first kappa shape index (κ1) is 12.8. The highest BCUT2D eigenvalue weighted by Crippen LogP contribution is 2.16. The van der Waals surface area contributed by atoms with Crippen LogP contribution in [0.3, 0.4) is 0 Å². The maximum atomic E-state index is 10.5. The predicted molar refractivity (Wildman–Crippen MR) is 77.0 cm³/mol. The summed E-state index contributed by atoms with van der Waals surface area (Å²) in [6.45, 7) is 4.38. The molecule has 2 aromatic rings. The summed E-state index contributed by atoms with van der Waals surface area (Å²) in [6, 6.07) is 14.4. The molecule has 1 N–H and O–H groups in total. The summed E-state index contributed by atoms with van der Waals surface area (Å²) in [7, 11) is 0. The van der Waals surface area contributed by atoms with Crippen LogP contribution in [0.1, 0.15) is 11.1 Å². The minimum Gasteiger partial charge on any atom is -0.381 e. The smallest absolute Gasteiger partial charge is 0.269 e. The molecule has 0 saturated heterocycles. The number of nitrogens with zero attached hydrogens (tertiary/aromatic N) is 1. The monoisotopic (exact) mass is 254 g/mol. The van der Waals surface area contributed by atoms with Crippen molar-refractivity contribution in [2.45, 2.75) is 6.54 Å². The van der Waals surface area contributed by atoms with Crippen LogP contribution in [0.4, 0.5) is 11.4 Å². The Morgan fingerprint density at radius 3 is 2.26 bits per heavy atom. The molecule has 4 nitrogen and oxygen atoms in total. The zero-order valence-corrected chi connectivity index (χ0v) is 10.4. The summed E-state index contributed by atoms with van der Waals surface area (Å²) >= 11 is 0. The average molecular weight is 254 g/mol. The fourth-order valence-corrected chi connectivity index (χ4v) is 1.68. The maximum absolute atomic E-state index is 10.5. The van der Waals surface area contributed by atoms with Crippen molar-refractivity contribution in [2.24, 2.45) is 0 Å². The van der Waals surface area contributed by atoms with Crippen LogP contribution < -0.4 is 5.32 Å². The molecule has 0 saturated carbocycles. The van der Waals surface area contributed by atoms with Crippen molar-refractivity contribution in [1.29, 1.82) is 0 Å². The van der Waals surface area contributed by atoms with Gasteiger partial charge in [-0.25, -0.2) is 0 Å². The van der Waals surface area contributed by atoms with E-state index in [1.165, 1.54) is 12.1 Å². The molecule has 0 heterocycles. The van der Waals surface area contributed by atoms with E-state index >= 15 is 0 Å². The number of nitrogens with one attached hydrogen (secondary N) is 1. The van der Waals surface area contributed by atoms with Crippen molar-refractivity contribution in [3.8, 4) is 0 Å². The minimum absolute atomic E-state index is 0.0980. The van der Waals surface area contributed by atoms with E-state index in [9.17, 15) is 10.1 Å². The normalized spacial score (nSPS) is 9.89. The van der Waals surface area contributed by atoms with Crippen molar-refractivity contribution in [3.63, 3.8) is 0 Å². The van der Waals surface area contributed by atoms with E-state index in [0.29, 0.717) is 6.54 Å². The van der Waals surface area contributed by atoms with Gasteiger partial charge in [0.05, 0.1) is 4.92 Å². The van der Waals surface area contributed by atoms with Crippen LogP contribution in [0.2, 0.25) is 0 Å². The predicted octanol–water partition coefficient (Wildman–Crippen LogP) is 3.85. The molecule has 0 bridgehead atoms. The Labute approximate surface area is 111 Å². The zero-order chi connectivity index (χ0) is 13.7. The Bertz CT molecular complexity index is 574. The molecule has 96 valence electrons. The van der Waals surface area contributed by atoms with Crippen molar-refractivity contribution in [3.05, 3.63) is 76.4 Å². The van der Waals surface area contributed by atoms with Crippen molar-refractivity contribution < 1.29 is 4.92 Å². The lowest BCUT2D eigenvalue weighted by Gasteiger charge is -2.06. The molecule has 0 aliphatic heterocycles. The number of benzene rings is 2. The van der Waals surface area contributed by atoms with E-state index in [0.717, 1.165) is 16.8 Å². The van der Waals surface area contributed by atoms with E-state index in [4.69, 9.17) is 0 Å². The molecule has 0 fully saturated rings. The molecule has 2 aromatic carbocycles. The molecule has 0 aromatic heterocycles. The summed E-state index contributed by atoms with van der Waals surface area (Å²) in [4.78, 5) is 10.1. The van der Waals surface area contributed by atoms with Gasteiger partial charge < -0.3 is 5.32 Å². The van der Waals surface area contributed by atoms with Gasteiger partial charge in [0.25, 0.3) is 5.69 Å². The molecular weight excluding hydrogens is 240 g/mol. The van der Waals surface area contributed by atoms with Crippen molar-refractivity contribution in [1.82, 2.24) is 0 Å². The Morgan fingerprint density at radius 1 is 1.11 bits per heavy atom. The molecule has 2 rings (SSSR count). The fourth-order valence-electron chi connectivity index (χ4n) is 1.68. The number of nitro groups is 1. The number of hydrogen-bond donors (Lipinski definition) is 1. The van der Waals surface area contributed by atoms with Crippen LogP contribution in [0.15, 0.2) is 55.1 Å². The van der Waals surface area contributed by atoms with Crippen LogP contribution in [0.25, 0.3) is 6.08 Å². The van der Waals surface area contributed by atoms with Gasteiger partial charge in [-0.3, -0.25) is 10.1 Å². The lowest BCUT2D eigenvalue weighted by atomic mass is 10.1. The topological polar surface area (TPSA) is 55.2 Å². The molecule has 0 radical (unpaired) electrons. The highest BCUT2D eigenvalue weighted by atomic mass is 16.6. The summed E-state index contributed by atoms with van der Waals surface area (Å²) in [6.07, 6.45) is 1.80. The average Bonchev–Trinajstić information content (AvgIpc) is 2.46. The molecule has 19 heavy (non-hydrogen) atoms. The first-order chi connectivity index (χ1) is 9.19. The van der Waals surface area contributed by atoms with Gasteiger partial charge in [-0.1, -0.05) is 36.9 Å². The van der Waals surface area contributed by atoms with Crippen LogP contribution >= 0.6 is 0 Å². The van der Waals surface area contributed by atoms with Crippen molar-refractivity contribution in [2.75, 3.05) is 5.32 Å². The second-order valence-electron chi connectivity index (χ2n) is 4.10. The summed E-state index contributed by atoms with van der Waals surface area (Å²) in [5.41, 5.74) is 3.18. The molecule has 0 amide bonds. The molecule has 0 unspecified atom stereocenters. The standard InChI is InChI=1S/C15H14N2O2/c1-2-12-3-5-13(6-4-12)11-16-14-7-9-15(10-8-14)17(18)19/h2-10,16H,1,11H2. The fraction of sp³-hybridized carbons (Fsp3) is 0.0667. The van der Waals surface area contributed by atoms with Gasteiger partial charge in [-0.15, -0.1) is 0 Å². The van der Waals surface area contributed by atoms with Gasteiger partial charge in [0, 0.05) is 24.4 Å². The van der Waals surface area contributed by atoms with Crippen LogP contribution in [0.5, 0.6) is 0 Å². The van der Waals surface area contributed by atoms with Crippen LogP contribution in [-0.4, -0.2) is 4.92 Å². The number of hydrogen-bond acceptors (Lipinski definition) is 3. The number of anilines is 1. The Hall–Kier alpha value is -2.62. The lowest BCUT2D eigenvalue weighted by Crippen LogP contribution is -1.99. The van der Waals surface area contributed by atoms with E-state index in [1.807, 2.05) is 24.3 Å². The van der Waals surface area contributed by atoms with Crippen LogP contribution in [-0.2, 0) is 6.54 Å². The third-order valence-electron chi connectivity index (χ3n) is 2.79. The molecular formula is C15H14N2O2. The van der Waals surface area contributed by atoms with E-state index in [2.05, 4.69) is 11.9 Å². The largest absolute Gasteiger partial charge is 0.381 e. The highest BCUT2D eigenvalue weighted by molar-refractivity contribution is 5.50. The molecule has 0 spiro atoms. The second-order valence-corrected chi connectivity index (χ2v) is 4.10. The Balaban J connectivity index is 1.97. The third-order valence-corrected chi connectivity index (χ3v) is 2.79. The van der Waals surface area contributed by atoms with Gasteiger partial charge in [0.1, 0.15) is 0 Å². The SMILES string of the molecule is C=Cc1ccc(CNc2ccc([N+](=O)[O-])cc2)cc1. The quantitative estimate of drug-likeness (QED) is 0.651. The summed E-state index contributed by atoms with van der Waals surface area (Å²) < 4.78 is 0. The number of non-ortho nitro benzene ring substituents is 1.